The minimum Gasteiger partial charge on any atom is -0.295 e. The Kier molecular flexibility index (Phi) is 14.5. The van der Waals surface area contributed by atoms with E-state index in [2.05, 4.69) is 54.1 Å². The van der Waals surface area contributed by atoms with Gasteiger partial charge in [-0.2, -0.15) is 42.0 Å². The molecule has 0 bridgehead atoms. The van der Waals surface area contributed by atoms with Gasteiger partial charge in [0.15, 0.2) is 0 Å². The third-order valence-electron chi connectivity index (χ3n) is 6.28. The Labute approximate surface area is 310 Å². The van der Waals surface area contributed by atoms with Crippen LogP contribution in [0.3, 0.4) is 0 Å². The number of aromatic nitrogens is 4. The molecule has 0 fully saturated rings. The second kappa shape index (κ2) is 18.7. The number of pyridine rings is 4. The summed E-state index contributed by atoms with van der Waals surface area (Å²) >= 11 is 1.30. The summed E-state index contributed by atoms with van der Waals surface area (Å²) in [5.74, 6) is 0. The van der Waals surface area contributed by atoms with Crippen molar-refractivity contribution in [2.75, 3.05) is 0 Å². The second-order valence-electron chi connectivity index (χ2n) is 9.23. The maximum absolute atomic E-state index is 4.59. The van der Waals surface area contributed by atoms with Crippen LogP contribution in [-0.4, -0.2) is 48.9 Å². The Hall–Kier alpha value is -3.32. The summed E-state index contributed by atoms with van der Waals surface area (Å²) < 4.78 is 1.62. The van der Waals surface area contributed by atoms with Crippen LogP contribution in [0.25, 0.3) is 53.7 Å². The number of hydrogen-bond donors (Lipinski definition) is 0. The van der Waals surface area contributed by atoms with Gasteiger partial charge >= 0.3 is 59.5 Å². The van der Waals surface area contributed by atoms with Gasteiger partial charge in [0, 0.05) is 66.4 Å². The first-order valence-electron chi connectivity index (χ1n) is 13.8. The number of fused-ring (bicyclic) bond motifs is 1. The molecule has 0 amide bonds. The molecule has 6 aromatic heterocycles. The van der Waals surface area contributed by atoms with E-state index in [4.69, 9.17) is 0 Å². The van der Waals surface area contributed by atoms with Crippen LogP contribution in [0.5, 0.6) is 0 Å². The van der Waals surface area contributed by atoms with Crippen molar-refractivity contribution < 1.29 is 42.1 Å². The fourth-order valence-electron chi connectivity index (χ4n) is 4.20. The van der Waals surface area contributed by atoms with Crippen LogP contribution < -0.4 is 0 Å². The predicted molar refractivity (Wildman–Crippen MR) is 179 cm³/mol. The van der Waals surface area contributed by atoms with Crippen LogP contribution in [0.4, 0.5) is 0 Å². The molecule has 0 saturated carbocycles. The zero-order valence-corrected chi connectivity index (χ0v) is 32.1. The van der Waals surface area contributed by atoms with E-state index in [1.807, 2.05) is 115 Å². The first-order chi connectivity index (χ1) is 21.8. The summed E-state index contributed by atoms with van der Waals surface area (Å²) in [7, 11) is 0. The standard InChI is InChI=1S/C17H11N.C15H11N3.C6H2Se2.2Pt/c1-2-7-14(8-3-1)15-9-6-10-16(13-15)17-11-4-5-12-18-17;1-3-10-16-12(6-1)14-8-5-9-15(18-14)13-7-2-4-11-17-13;1-3-7-6-5(1)2-4-8-6;;/h1-7,9-12H;1-11H;3-4H;;/q-2;;-2;;. The van der Waals surface area contributed by atoms with E-state index >= 15 is 0 Å². The maximum Gasteiger partial charge on any atom is 0.0894 e. The van der Waals surface area contributed by atoms with Gasteiger partial charge in [-0.3, -0.25) is 15.0 Å². The van der Waals surface area contributed by atoms with Crippen LogP contribution in [0, 0.1) is 24.3 Å². The summed E-state index contributed by atoms with van der Waals surface area (Å²) in [5.41, 5.74) is 7.50. The minimum atomic E-state index is 0. The van der Waals surface area contributed by atoms with Crippen molar-refractivity contribution in [3.63, 3.8) is 0 Å². The first-order valence-corrected chi connectivity index (χ1v) is 17.5. The molecule has 6 heterocycles. The van der Waals surface area contributed by atoms with Gasteiger partial charge in [0.2, 0.25) is 0 Å². The molecule has 0 aliphatic heterocycles. The molecule has 0 saturated heterocycles. The summed E-state index contributed by atoms with van der Waals surface area (Å²) in [5, 5.41) is 1.27. The molecule has 232 valence electrons. The SMILES string of the molecule is [Pt].[Pt].[c-]1c[se]c2[se]c[c-]c12.[c-]1ccccc1-c1[c-]c(-c2ccccn2)ccc1.c1ccc(-c2cccc(-c3ccccn3)n2)nc1. The van der Waals surface area contributed by atoms with Gasteiger partial charge in [-0.25, -0.2) is 10.5 Å². The zero-order chi connectivity index (χ0) is 29.8. The topological polar surface area (TPSA) is 51.6 Å². The Morgan fingerprint density at radius 2 is 0.935 bits per heavy atom. The van der Waals surface area contributed by atoms with E-state index in [9.17, 15) is 0 Å². The largest absolute Gasteiger partial charge is 0.295 e. The number of benzene rings is 2. The predicted octanol–water partition coefficient (Wildman–Crippen LogP) is 7.77. The molecule has 2 aromatic carbocycles. The molecule has 4 nitrogen and oxygen atoms in total. The van der Waals surface area contributed by atoms with E-state index in [0.29, 0.717) is 29.0 Å². The molecule has 0 atom stereocenters. The van der Waals surface area contributed by atoms with Gasteiger partial charge in [0.1, 0.15) is 0 Å². The Morgan fingerprint density at radius 3 is 1.46 bits per heavy atom. The number of rotatable bonds is 4. The van der Waals surface area contributed by atoms with Crippen LogP contribution in [-0.2, 0) is 42.1 Å². The van der Waals surface area contributed by atoms with Crippen molar-refractivity contribution in [1.82, 2.24) is 19.9 Å². The van der Waals surface area contributed by atoms with Gasteiger partial charge in [0.05, 0.1) is 22.8 Å². The van der Waals surface area contributed by atoms with Gasteiger partial charge in [-0.1, -0.05) is 30.3 Å². The molecule has 8 rings (SSSR count). The number of nitrogens with zero attached hydrogens (tertiary/aromatic N) is 4. The summed E-state index contributed by atoms with van der Waals surface area (Å²) in [4.78, 5) is 21.8. The molecular weight excluding hydrogens is 1060 g/mol. The fraction of sp³-hybridized carbons (Fsp3) is 0. The smallest absolute Gasteiger partial charge is 0.0894 e. The van der Waals surface area contributed by atoms with E-state index < -0.39 is 0 Å². The van der Waals surface area contributed by atoms with Crippen molar-refractivity contribution in [2.24, 2.45) is 0 Å². The van der Waals surface area contributed by atoms with Crippen molar-refractivity contribution >= 4 is 37.5 Å². The van der Waals surface area contributed by atoms with E-state index in [0.717, 1.165) is 45.2 Å². The van der Waals surface area contributed by atoms with Crippen LogP contribution in [0.2, 0.25) is 0 Å². The molecule has 0 N–H and O–H groups in total. The molecule has 8 aromatic rings. The Balaban J connectivity index is 0.000000163. The van der Waals surface area contributed by atoms with Crippen LogP contribution in [0.1, 0.15) is 0 Å². The van der Waals surface area contributed by atoms with Crippen molar-refractivity contribution in [1.29, 1.82) is 0 Å². The van der Waals surface area contributed by atoms with Crippen molar-refractivity contribution in [3.8, 4) is 45.2 Å². The van der Waals surface area contributed by atoms with Gasteiger partial charge in [-0.15, -0.1) is 23.8 Å². The molecule has 0 unspecified atom stereocenters. The normalized spacial score (nSPS) is 9.83. The average Bonchev–Trinajstić information content (AvgIpc) is 3.77. The third kappa shape index (κ3) is 9.84. The van der Waals surface area contributed by atoms with Crippen LogP contribution >= 0.6 is 0 Å². The van der Waals surface area contributed by atoms with Crippen LogP contribution in [0.15, 0.2) is 144 Å². The molecule has 8 heteroatoms. The maximum atomic E-state index is 4.59. The van der Waals surface area contributed by atoms with Crippen molar-refractivity contribution in [3.05, 3.63) is 168 Å². The van der Waals surface area contributed by atoms with Gasteiger partial charge in [0.25, 0.3) is 0 Å². The second-order valence-corrected chi connectivity index (χ2v) is 14.2. The summed E-state index contributed by atoms with van der Waals surface area (Å²) in [6, 6.07) is 50.3. The fourth-order valence-corrected chi connectivity index (χ4v) is 8.15. The first kappa shape index (κ1) is 35.5. The summed E-state index contributed by atoms with van der Waals surface area (Å²) in [6.45, 7) is 0. The van der Waals surface area contributed by atoms with E-state index in [1.54, 1.807) is 21.7 Å². The molecule has 0 aliphatic rings. The Bertz CT molecular complexity index is 1740. The molecular formula is C38H24N4Pt2Se2-4. The molecule has 0 radical (unpaired) electrons. The number of hydrogen-bond acceptors (Lipinski definition) is 4. The molecule has 46 heavy (non-hydrogen) atoms. The average molecular weight is 1080 g/mol. The van der Waals surface area contributed by atoms with Gasteiger partial charge < -0.3 is 0 Å². The summed E-state index contributed by atoms with van der Waals surface area (Å²) in [6.07, 6.45) is 5.33. The van der Waals surface area contributed by atoms with Gasteiger partial charge in [-0.05, 0) is 42.5 Å². The monoisotopic (exact) mass is 1090 g/mol. The third-order valence-corrected chi connectivity index (χ3v) is 11.1. The minimum absolute atomic E-state index is 0. The van der Waals surface area contributed by atoms with E-state index in [-0.39, 0.29) is 42.1 Å². The Morgan fingerprint density at radius 1 is 0.435 bits per heavy atom. The van der Waals surface area contributed by atoms with E-state index in [1.165, 1.54) is 5.39 Å². The van der Waals surface area contributed by atoms with Crippen molar-refractivity contribution in [2.45, 2.75) is 0 Å². The molecule has 0 aliphatic carbocycles. The quantitative estimate of drug-likeness (QED) is 0.134. The zero-order valence-electron chi connectivity index (χ0n) is 24.1. The molecule has 0 spiro atoms.